The van der Waals surface area contributed by atoms with Crippen LogP contribution >= 0.6 is 0 Å². The Balaban J connectivity index is 1.44. The van der Waals surface area contributed by atoms with Gasteiger partial charge in [0.2, 0.25) is 10.0 Å². The molecule has 3 heterocycles. The molecule has 1 amide bonds. The smallest absolute Gasteiger partial charge is 0.257 e. The number of aryl methyl sites for hydroxylation is 1. The zero-order chi connectivity index (χ0) is 20.6. The highest BCUT2D eigenvalue weighted by atomic mass is 32.2. The maximum absolute atomic E-state index is 12.9. The molecule has 0 bridgehead atoms. The minimum absolute atomic E-state index is 0.0731. The van der Waals surface area contributed by atoms with Gasteiger partial charge in [0, 0.05) is 38.3 Å². The van der Waals surface area contributed by atoms with Gasteiger partial charge < -0.3 is 4.90 Å². The molecule has 1 aromatic heterocycles. The summed E-state index contributed by atoms with van der Waals surface area (Å²) in [5.74, 6) is -0.181. The van der Waals surface area contributed by atoms with Gasteiger partial charge in [-0.3, -0.25) is 14.3 Å². The summed E-state index contributed by atoms with van der Waals surface area (Å²) in [5.41, 5.74) is 2.10. The van der Waals surface area contributed by atoms with Crippen molar-refractivity contribution in [1.29, 1.82) is 0 Å². The average molecular weight is 417 g/mol. The highest BCUT2D eigenvalue weighted by Crippen LogP contribution is 2.22. The van der Waals surface area contributed by atoms with E-state index in [1.165, 1.54) is 35.5 Å². The van der Waals surface area contributed by atoms with Crippen molar-refractivity contribution < 1.29 is 18.0 Å². The van der Waals surface area contributed by atoms with Crippen LogP contribution in [0, 0.1) is 0 Å². The van der Waals surface area contributed by atoms with E-state index in [2.05, 4.69) is 5.10 Å². The predicted octanol–water partition coefficient (Wildman–Crippen LogP) is 1.57. The van der Waals surface area contributed by atoms with E-state index in [0.29, 0.717) is 24.2 Å². The van der Waals surface area contributed by atoms with E-state index in [1.807, 2.05) is 4.68 Å². The van der Waals surface area contributed by atoms with E-state index in [4.69, 9.17) is 0 Å². The minimum atomic E-state index is -3.65. The van der Waals surface area contributed by atoms with Gasteiger partial charge in [-0.2, -0.15) is 9.40 Å². The van der Waals surface area contributed by atoms with Crippen LogP contribution in [0.4, 0.5) is 0 Å². The van der Waals surface area contributed by atoms with Gasteiger partial charge in [0.15, 0.2) is 5.78 Å². The number of rotatable bonds is 4. The first-order valence-corrected chi connectivity index (χ1v) is 11.3. The van der Waals surface area contributed by atoms with E-state index in [1.54, 1.807) is 11.1 Å². The molecule has 2 aromatic rings. The van der Waals surface area contributed by atoms with E-state index in [0.717, 1.165) is 31.5 Å². The second-order valence-electron chi connectivity index (χ2n) is 7.46. The number of nitrogens with zero attached hydrogens (tertiary/aromatic N) is 4. The third-order valence-electron chi connectivity index (χ3n) is 5.64. The van der Waals surface area contributed by atoms with Gasteiger partial charge in [-0.1, -0.05) is 12.1 Å². The van der Waals surface area contributed by atoms with Gasteiger partial charge in [-0.05, 0) is 38.3 Å². The number of aromatic nitrogens is 2. The number of hydrogen-bond donors (Lipinski definition) is 0. The summed E-state index contributed by atoms with van der Waals surface area (Å²) in [6.07, 6.45) is 4.63. The molecular formula is C20H24N4O4S. The van der Waals surface area contributed by atoms with Gasteiger partial charge in [0.25, 0.3) is 5.91 Å². The molecule has 4 rings (SSSR count). The van der Waals surface area contributed by atoms with Crippen LogP contribution in [0.3, 0.4) is 0 Å². The second kappa shape index (κ2) is 7.72. The van der Waals surface area contributed by atoms with Gasteiger partial charge in [-0.25, -0.2) is 8.42 Å². The fourth-order valence-electron chi connectivity index (χ4n) is 3.91. The number of fused-ring (bicyclic) bond motifs is 1. The van der Waals surface area contributed by atoms with E-state index in [9.17, 15) is 18.0 Å². The lowest BCUT2D eigenvalue weighted by Crippen LogP contribution is -2.50. The Morgan fingerprint density at radius 2 is 1.66 bits per heavy atom. The van der Waals surface area contributed by atoms with Crippen LogP contribution in [0.15, 0.2) is 35.4 Å². The van der Waals surface area contributed by atoms with Crippen molar-refractivity contribution in [2.45, 2.75) is 37.6 Å². The lowest BCUT2D eigenvalue weighted by atomic mass is 10.1. The number of amides is 1. The molecular weight excluding hydrogens is 392 g/mol. The maximum atomic E-state index is 12.9. The van der Waals surface area contributed by atoms with Crippen molar-refractivity contribution in [1.82, 2.24) is 19.0 Å². The zero-order valence-corrected chi connectivity index (χ0v) is 17.2. The fourth-order valence-corrected chi connectivity index (χ4v) is 5.33. The molecule has 0 spiro atoms. The Labute approximate surface area is 170 Å². The molecule has 8 nitrogen and oxygen atoms in total. The lowest BCUT2D eigenvalue weighted by molar-refractivity contribution is 0.0696. The number of carbonyl (C=O) groups excluding carboxylic acids is 2. The van der Waals surface area contributed by atoms with Crippen LogP contribution in [0.1, 0.15) is 46.2 Å². The van der Waals surface area contributed by atoms with E-state index >= 15 is 0 Å². The first-order chi connectivity index (χ1) is 13.9. The monoisotopic (exact) mass is 416 g/mol. The molecule has 0 aliphatic carbocycles. The molecule has 154 valence electrons. The molecule has 1 saturated heterocycles. The summed E-state index contributed by atoms with van der Waals surface area (Å²) in [6.45, 7) is 3.45. The minimum Gasteiger partial charge on any atom is -0.336 e. The van der Waals surface area contributed by atoms with Crippen LogP contribution in [0.2, 0.25) is 0 Å². The maximum Gasteiger partial charge on any atom is 0.257 e. The summed E-state index contributed by atoms with van der Waals surface area (Å²) in [5, 5.41) is 4.32. The quantitative estimate of drug-likeness (QED) is 0.706. The predicted molar refractivity (Wildman–Crippen MR) is 106 cm³/mol. The topological polar surface area (TPSA) is 92.6 Å². The first-order valence-electron chi connectivity index (χ1n) is 9.83. The van der Waals surface area contributed by atoms with Gasteiger partial charge in [0.1, 0.15) is 0 Å². The Bertz CT molecular complexity index is 1030. The van der Waals surface area contributed by atoms with Crippen LogP contribution in [-0.4, -0.2) is 65.3 Å². The molecule has 0 atom stereocenters. The normalized spacial score (nSPS) is 17.8. The molecule has 9 heteroatoms. The van der Waals surface area contributed by atoms with Gasteiger partial charge >= 0.3 is 0 Å². The molecule has 2 aliphatic heterocycles. The van der Waals surface area contributed by atoms with Crippen molar-refractivity contribution in [3.05, 3.63) is 47.3 Å². The Kier molecular flexibility index (Phi) is 5.26. The Morgan fingerprint density at radius 3 is 2.31 bits per heavy atom. The van der Waals surface area contributed by atoms with Crippen molar-refractivity contribution in [2.24, 2.45) is 0 Å². The SMILES string of the molecule is CC(=O)c1ccc(S(=O)(=O)N2CCN(C(=O)c3cnn4c3CCCC4)CC2)cc1. The van der Waals surface area contributed by atoms with Crippen molar-refractivity contribution >= 4 is 21.7 Å². The van der Waals surface area contributed by atoms with Crippen LogP contribution in [0.5, 0.6) is 0 Å². The fraction of sp³-hybridized carbons (Fsp3) is 0.450. The van der Waals surface area contributed by atoms with Crippen molar-refractivity contribution in [2.75, 3.05) is 26.2 Å². The highest BCUT2D eigenvalue weighted by molar-refractivity contribution is 7.89. The third-order valence-corrected chi connectivity index (χ3v) is 7.55. The summed E-state index contributed by atoms with van der Waals surface area (Å²) in [4.78, 5) is 26.2. The van der Waals surface area contributed by atoms with Crippen LogP contribution in [0.25, 0.3) is 0 Å². The Morgan fingerprint density at radius 1 is 0.966 bits per heavy atom. The Hall–Kier alpha value is -2.52. The number of benzene rings is 1. The number of hydrogen-bond acceptors (Lipinski definition) is 5. The average Bonchev–Trinajstić information content (AvgIpc) is 3.17. The van der Waals surface area contributed by atoms with E-state index in [-0.39, 0.29) is 29.7 Å². The summed E-state index contributed by atoms with van der Waals surface area (Å²) < 4.78 is 29.1. The molecule has 1 fully saturated rings. The molecule has 29 heavy (non-hydrogen) atoms. The van der Waals surface area contributed by atoms with Crippen molar-refractivity contribution in [3.63, 3.8) is 0 Å². The van der Waals surface area contributed by atoms with E-state index < -0.39 is 10.0 Å². The summed E-state index contributed by atoms with van der Waals surface area (Å²) in [7, 11) is -3.65. The lowest BCUT2D eigenvalue weighted by Gasteiger charge is -2.34. The number of piperazine rings is 1. The first kappa shape index (κ1) is 19.8. The molecule has 1 aromatic carbocycles. The van der Waals surface area contributed by atoms with Crippen LogP contribution < -0.4 is 0 Å². The summed E-state index contributed by atoms with van der Waals surface area (Å²) in [6, 6.07) is 5.97. The third kappa shape index (κ3) is 3.72. The second-order valence-corrected chi connectivity index (χ2v) is 9.40. The van der Waals surface area contributed by atoms with Gasteiger partial charge in [0.05, 0.1) is 22.3 Å². The van der Waals surface area contributed by atoms with Crippen molar-refractivity contribution in [3.8, 4) is 0 Å². The molecule has 0 saturated carbocycles. The van der Waals surface area contributed by atoms with Gasteiger partial charge in [-0.15, -0.1) is 0 Å². The zero-order valence-electron chi connectivity index (χ0n) is 16.4. The molecule has 0 N–H and O–H groups in total. The summed E-state index contributed by atoms with van der Waals surface area (Å²) >= 11 is 0. The number of carbonyl (C=O) groups is 2. The van der Waals surface area contributed by atoms with Crippen LogP contribution in [-0.2, 0) is 23.0 Å². The molecule has 0 radical (unpaired) electrons. The number of ketones is 1. The standard InChI is InChI=1S/C20H24N4O4S/c1-15(25)16-5-7-17(8-6-16)29(27,28)23-12-10-22(11-13-23)20(26)18-14-21-24-9-3-2-4-19(18)24/h5-8,14H,2-4,9-13H2,1H3. The molecule has 0 unspecified atom stereocenters. The highest BCUT2D eigenvalue weighted by Gasteiger charge is 2.32. The largest absolute Gasteiger partial charge is 0.336 e. The number of sulfonamides is 1. The number of Topliss-reactive ketones (excluding diaryl/α,β-unsaturated/α-hetero) is 1. The molecule has 2 aliphatic rings.